The molecule has 78 valence electrons. The number of esters is 1. The molecule has 1 rings (SSSR count). The van der Waals surface area contributed by atoms with Crippen LogP contribution in [0.5, 0.6) is 0 Å². The highest BCUT2D eigenvalue weighted by Gasteiger charge is 2.18. The number of carbonyl (C=O) groups excluding carboxylic acids is 1. The van der Waals surface area contributed by atoms with Crippen molar-refractivity contribution in [2.75, 3.05) is 6.61 Å². The van der Waals surface area contributed by atoms with Crippen LogP contribution in [0.3, 0.4) is 0 Å². The lowest BCUT2D eigenvalue weighted by atomic mass is 9.94. The molecule has 2 nitrogen and oxygen atoms in total. The van der Waals surface area contributed by atoms with Crippen LogP contribution >= 0.6 is 11.3 Å². The van der Waals surface area contributed by atoms with Crippen molar-refractivity contribution in [3.8, 4) is 0 Å². The van der Waals surface area contributed by atoms with E-state index in [2.05, 4.69) is 20.8 Å². The van der Waals surface area contributed by atoms with Crippen LogP contribution in [0.2, 0.25) is 0 Å². The van der Waals surface area contributed by atoms with Gasteiger partial charge in [-0.3, -0.25) is 0 Å². The molecule has 0 aliphatic heterocycles. The molecule has 1 heterocycles. The third kappa shape index (κ3) is 2.58. The molecule has 3 heteroatoms. The molecule has 0 unspecified atom stereocenters. The molecular formula is C11H16O2S. The SMILES string of the molecule is CCOC(=O)c1csc(C(C)(C)C)c1. The summed E-state index contributed by atoms with van der Waals surface area (Å²) in [5.74, 6) is -0.223. The average molecular weight is 212 g/mol. The van der Waals surface area contributed by atoms with Gasteiger partial charge in [0, 0.05) is 10.3 Å². The lowest BCUT2D eigenvalue weighted by Gasteiger charge is -2.15. The van der Waals surface area contributed by atoms with Crippen molar-refractivity contribution < 1.29 is 9.53 Å². The number of thiophene rings is 1. The minimum absolute atomic E-state index is 0.107. The van der Waals surface area contributed by atoms with E-state index in [1.54, 1.807) is 11.3 Å². The fourth-order valence-corrected chi connectivity index (χ4v) is 2.02. The minimum atomic E-state index is -0.223. The second-order valence-corrected chi connectivity index (χ2v) is 5.08. The normalized spacial score (nSPS) is 11.4. The van der Waals surface area contributed by atoms with Crippen LogP contribution < -0.4 is 0 Å². The molecule has 1 aromatic heterocycles. The molecule has 14 heavy (non-hydrogen) atoms. The summed E-state index contributed by atoms with van der Waals surface area (Å²) in [5, 5.41) is 1.86. The number of hydrogen-bond acceptors (Lipinski definition) is 3. The van der Waals surface area contributed by atoms with Gasteiger partial charge >= 0.3 is 5.97 Å². The second-order valence-electron chi connectivity index (χ2n) is 4.17. The van der Waals surface area contributed by atoms with Gasteiger partial charge in [0.1, 0.15) is 0 Å². The van der Waals surface area contributed by atoms with Crippen LogP contribution in [-0.2, 0) is 10.2 Å². The highest BCUT2D eigenvalue weighted by molar-refractivity contribution is 7.10. The molecule has 0 saturated carbocycles. The maximum absolute atomic E-state index is 11.4. The van der Waals surface area contributed by atoms with Crippen molar-refractivity contribution in [3.05, 3.63) is 21.9 Å². The van der Waals surface area contributed by atoms with Gasteiger partial charge in [-0.05, 0) is 18.4 Å². The first-order chi connectivity index (χ1) is 6.45. The summed E-state index contributed by atoms with van der Waals surface area (Å²) in [6, 6.07) is 1.92. The Morgan fingerprint density at radius 1 is 1.50 bits per heavy atom. The maximum atomic E-state index is 11.4. The van der Waals surface area contributed by atoms with E-state index < -0.39 is 0 Å². The fourth-order valence-electron chi connectivity index (χ4n) is 1.05. The Hall–Kier alpha value is -0.830. The van der Waals surface area contributed by atoms with Gasteiger partial charge in [0.15, 0.2) is 0 Å². The summed E-state index contributed by atoms with van der Waals surface area (Å²) >= 11 is 1.61. The summed E-state index contributed by atoms with van der Waals surface area (Å²) < 4.78 is 4.92. The molecular weight excluding hydrogens is 196 g/mol. The Kier molecular flexibility index (Phi) is 3.32. The van der Waals surface area contributed by atoms with E-state index in [0.29, 0.717) is 12.2 Å². The Bertz CT molecular complexity index is 320. The predicted molar refractivity (Wildman–Crippen MR) is 59.0 cm³/mol. The Balaban J connectivity index is 2.83. The molecule has 0 aliphatic rings. The number of hydrogen-bond donors (Lipinski definition) is 0. The van der Waals surface area contributed by atoms with E-state index in [1.807, 2.05) is 18.4 Å². The topological polar surface area (TPSA) is 26.3 Å². The number of rotatable bonds is 2. The summed E-state index contributed by atoms with van der Waals surface area (Å²) in [6.07, 6.45) is 0. The third-order valence-electron chi connectivity index (χ3n) is 1.85. The lowest BCUT2D eigenvalue weighted by molar-refractivity contribution is 0.0527. The minimum Gasteiger partial charge on any atom is -0.462 e. The predicted octanol–water partition coefficient (Wildman–Crippen LogP) is 3.22. The molecule has 0 atom stereocenters. The van der Waals surface area contributed by atoms with Gasteiger partial charge in [0.2, 0.25) is 0 Å². The Morgan fingerprint density at radius 3 is 2.57 bits per heavy atom. The summed E-state index contributed by atoms with van der Waals surface area (Å²) in [5.41, 5.74) is 0.775. The van der Waals surface area contributed by atoms with Gasteiger partial charge in [0.25, 0.3) is 0 Å². The van der Waals surface area contributed by atoms with Gasteiger partial charge in [-0.25, -0.2) is 4.79 Å². The van der Waals surface area contributed by atoms with Gasteiger partial charge in [-0.15, -0.1) is 11.3 Å². The van der Waals surface area contributed by atoms with Gasteiger partial charge in [-0.2, -0.15) is 0 Å². The van der Waals surface area contributed by atoms with Gasteiger partial charge < -0.3 is 4.74 Å². The van der Waals surface area contributed by atoms with Crippen molar-refractivity contribution in [2.24, 2.45) is 0 Å². The molecule has 0 bridgehead atoms. The van der Waals surface area contributed by atoms with E-state index in [4.69, 9.17) is 4.74 Å². The molecule has 0 aromatic carbocycles. The van der Waals surface area contributed by atoms with Crippen LogP contribution in [0.25, 0.3) is 0 Å². The molecule has 1 aromatic rings. The molecule has 0 aliphatic carbocycles. The summed E-state index contributed by atoms with van der Waals surface area (Å²) in [7, 11) is 0. The van der Waals surface area contributed by atoms with Crippen molar-refractivity contribution in [1.29, 1.82) is 0 Å². The monoisotopic (exact) mass is 212 g/mol. The zero-order chi connectivity index (χ0) is 10.8. The molecule has 0 fully saturated rings. The van der Waals surface area contributed by atoms with E-state index in [9.17, 15) is 4.79 Å². The smallest absolute Gasteiger partial charge is 0.338 e. The van der Waals surface area contributed by atoms with Gasteiger partial charge in [-0.1, -0.05) is 20.8 Å². The highest BCUT2D eigenvalue weighted by Crippen LogP contribution is 2.28. The van der Waals surface area contributed by atoms with E-state index in [1.165, 1.54) is 4.88 Å². The molecule has 0 saturated heterocycles. The van der Waals surface area contributed by atoms with Crippen LogP contribution in [0.4, 0.5) is 0 Å². The summed E-state index contributed by atoms with van der Waals surface area (Å²) in [4.78, 5) is 12.6. The first kappa shape index (κ1) is 11.2. The number of ether oxygens (including phenoxy) is 1. The lowest BCUT2D eigenvalue weighted by Crippen LogP contribution is -2.09. The van der Waals surface area contributed by atoms with Crippen molar-refractivity contribution in [1.82, 2.24) is 0 Å². The zero-order valence-corrected chi connectivity index (χ0v) is 9.90. The first-order valence-corrected chi connectivity index (χ1v) is 5.59. The average Bonchev–Trinajstić information content (AvgIpc) is 2.51. The van der Waals surface area contributed by atoms with E-state index >= 15 is 0 Å². The second kappa shape index (κ2) is 4.13. The van der Waals surface area contributed by atoms with E-state index in [-0.39, 0.29) is 11.4 Å². The molecule has 0 amide bonds. The molecule has 0 spiro atoms. The quantitative estimate of drug-likeness (QED) is 0.703. The first-order valence-electron chi connectivity index (χ1n) is 4.71. The molecule has 0 N–H and O–H groups in total. The van der Waals surface area contributed by atoms with E-state index in [0.717, 1.165) is 0 Å². The van der Waals surface area contributed by atoms with Crippen LogP contribution in [0.1, 0.15) is 42.9 Å². The standard InChI is InChI=1S/C11H16O2S/c1-5-13-10(12)8-6-9(14-7-8)11(2,3)4/h6-7H,5H2,1-4H3. The Morgan fingerprint density at radius 2 is 2.14 bits per heavy atom. The van der Waals surface area contributed by atoms with Crippen LogP contribution in [0.15, 0.2) is 11.4 Å². The van der Waals surface area contributed by atoms with Crippen molar-refractivity contribution in [2.45, 2.75) is 33.1 Å². The largest absolute Gasteiger partial charge is 0.462 e. The van der Waals surface area contributed by atoms with Crippen molar-refractivity contribution >= 4 is 17.3 Å². The maximum Gasteiger partial charge on any atom is 0.338 e. The van der Waals surface area contributed by atoms with Crippen LogP contribution in [0, 0.1) is 0 Å². The number of carbonyl (C=O) groups is 1. The third-order valence-corrected chi connectivity index (χ3v) is 3.21. The fraction of sp³-hybridized carbons (Fsp3) is 0.545. The van der Waals surface area contributed by atoms with Crippen molar-refractivity contribution in [3.63, 3.8) is 0 Å². The molecule has 0 radical (unpaired) electrons. The summed E-state index contributed by atoms with van der Waals surface area (Å²) in [6.45, 7) is 8.64. The zero-order valence-electron chi connectivity index (χ0n) is 9.09. The highest BCUT2D eigenvalue weighted by atomic mass is 32.1. The Labute approximate surface area is 88.9 Å². The van der Waals surface area contributed by atoms with Crippen LogP contribution in [-0.4, -0.2) is 12.6 Å². The van der Waals surface area contributed by atoms with Gasteiger partial charge in [0.05, 0.1) is 12.2 Å².